The van der Waals surface area contributed by atoms with Gasteiger partial charge < -0.3 is 4.52 Å². The number of nitriles is 1. The van der Waals surface area contributed by atoms with E-state index < -0.39 is 0 Å². The molecular formula is C10H13N3O. The number of hydrogen-bond acceptors (Lipinski definition) is 4. The molecule has 1 atom stereocenters. The molecule has 0 spiro atoms. The highest BCUT2D eigenvalue weighted by Gasteiger charge is 2.24. The lowest BCUT2D eigenvalue weighted by Gasteiger charge is -1.93. The van der Waals surface area contributed by atoms with Gasteiger partial charge in [0.25, 0.3) is 0 Å². The molecule has 2 rings (SSSR count). The minimum atomic E-state index is -0.0516. The number of nitrogens with zero attached hydrogens (tertiary/aromatic N) is 3. The van der Waals surface area contributed by atoms with Crippen LogP contribution < -0.4 is 0 Å². The van der Waals surface area contributed by atoms with Gasteiger partial charge in [-0.15, -0.1) is 0 Å². The Morgan fingerprint density at radius 3 is 3.07 bits per heavy atom. The smallest absolute Gasteiger partial charge is 0.227 e. The van der Waals surface area contributed by atoms with E-state index in [0.29, 0.717) is 12.3 Å². The first-order valence-electron chi connectivity index (χ1n) is 4.99. The van der Waals surface area contributed by atoms with Gasteiger partial charge in [-0.05, 0) is 25.7 Å². The molecule has 0 bridgehead atoms. The number of aromatic nitrogens is 2. The number of rotatable bonds is 4. The van der Waals surface area contributed by atoms with Crippen LogP contribution in [-0.4, -0.2) is 10.1 Å². The average molecular weight is 191 g/mol. The predicted molar refractivity (Wildman–Crippen MR) is 49.2 cm³/mol. The maximum Gasteiger partial charge on any atom is 0.227 e. The first kappa shape index (κ1) is 9.20. The van der Waals surface area contributed by atoms with Crippen LogP contribution in [0.4, 0.5) is 0 Å². The molecule has 1 heterocycles. The highest BCUT2D eigenvalue weighted by molar-refractivity contribution is 4.94. The number of hydrogen-bond donors (Lipinski definition) is 0. The van der Waals surface area contributed by atoms with E-state index in [2.05, 4.69) is 16.2 Å². The molecule has 0 saturated heterocycles. The third-order valence-corrected chi connectivity index (χ3v) is 2.38. The molecule has 14 heavy (non-hydrogen) atoms. The van der Waals surface area contributed by atoms with E-state index in [1.165, 1.54) is 12.8 Å². The quantitative estimate of drug-likeness (QED) is 0.727. The van der Waals surface area contributed by atoms with Gasteiger partial charge in [0.2, 0.25) is 5.89 Å². The van der Waals surface area contributed by atoms with Crippen LogP contribution >= 0.6 is 0 Å². The predicted octanol–water partition coefficient (Wildman–Crippen LogP) is 1.72. The summed E-state index contributed by atoms with van der Waals surface area (Å²) in [4.78, 5) is 4.25. The van der Waals surface area contributed by atoms with Gasteiger partial charge in [-0.1, -0.05) is 5.16 Å². The molecule has 0 aliphatic heterocycles. The second-order valence-electron chi connectivity index (χ2n) is 3.99. The van der Waals surface area contributed by atoms with Crippen LogP contribution in [-0.2, 0) is 12.8 Å². The first-order chi connectivity index (χ1) is 6.78. The van der Waals surface area contributed by atoms with Gasteiger partial charge in [-0.3, -0.25) is 0 Å². The third-order valence-electron chi connectivity index (χ3n) is 2.38. The van der Waals surface area contributed by atoms with Crippen molar-refractivity contribution in [1.29, 1.82) is 5.26 Å². The topological polar surface area (TPSA) is 62.7 Å². The molecule has 1 aliphatic carbocycles. The zero-order valence-electron chi connectivity index (χ0n) is 8.23. The summed E-state index contributed by atoms with van der Waals surface area (Å²) in [5.41, 5.74) is 0. The van der Waals surface area contributed by atoms with Crippen molar-refractivity contribution in [1.82, 2.24) is 10.1 Å². The van der Waals surface area contributed by atoms with Crippen LogP contribution in [0.5, 0.6) is 0 Å². The maximum absolute atomic E-state index is 8.62. The van der Waals surface area contributed by atoms with Gasteiger partial charge in [0.1, 0.15) is 0 Å². The molecule has 1 unspecified atom stereocenters. The first-order valence-corrected chi connectivity index (χ1v) is 4.99. The summed E-state index contributed by atoms with van der Waals surface area (Å²) in [6.07, 6.45) is 4.08. The van der Waals surface area contributed by atoms with Gasteiger partial charge in [-0.2, -0.15) is 10.2 Å². The largest absolute Gasteiger partial charge is 0.339 e. The van der Waals surface area contributed by atoms with Gasteiger partial charge in [0.15, 0.2) is 5.82 Å². The zero-order valence-corrected chi connectivity index (χ0v) is 8.23. The fraction of sp³-hybridized carbons (Fsp3) is 0.700. The molecule has 74 valence electrons. The van der Waals surface area contributed by atoms with Crippen molar-refractivity contribution >= 4 is 0 Å². The molecule has 4 heteroatoms. The van der Waals surface area contributed by atoms with E-state index in [-0.39, 0.29) is 5.92 Å². The molecule has 0 aromatic carbocycles. The Hall–Kier alpha value is -1.37. The van der Waals surface area contributed by atoms with Crippen LogP contribution in [0.3, 0.4) is 0 Å². The fourth-order valence-electron chi connectivity index (χ4n) is 1.34. The molecule has 1 aliphatic rings. The Kier molecular flexibility index (Phi) is 2.49. The Morgan fingerprint density at radius 2 is 2.43 bits per heavy atom. The normalized spacial score (nSPS) is 17.7. The van der Waals surface area contributed by atoms with Crippen LogP contribution in [0.25, 0.3) is 0 Å². The molecule has 0 N–H and O–H groups in total. The Balaban J connectivity index is 1.92. The lowest BCUT2D eigenvalue weighted by molar-refractivity contribution is 0.364. The lowest BCUT2D eigenvalue weighted by Crippen LogP contribution is -1.97. The van der Waals surface area contributed by atoms with E-state index >= 15 is 0 Å². The third kappa shape index (κ3) is 2.32. The van der Waals surface area contributed by atoms with Gasteiger partial charge in [0, 0.05) is 12.8 Å². The fourth-order valence-corrected chi connectivity index (χ4v) is 1.34. The SMILES string of the molecule is CC(C#N)Cc1nc(CC2CC2)no1. The van der Waals surface area contributed by atoms with Crippen molar-refractivity contribution in [2.45, 2.75) is 32.6 Å². The van der Waals surface area contributed by atoms with Crippen molar-refractivity contribution < 1.29 is 4.52 Å². The van der Waals surface area contributed by atoms with E-state index in [9.17, 15) is 0 Å². The Morgan fingerprint density at radius 1 is 1.64 bits per heavy atom. The Bertz CT molecular complexity index is 348. The second-order valence-corrected chi connectivity index (χ2v) is 3.99. The Labute approximate surface area is 82.9 Å². The molecule has 1 fully saturated rings. The van der Waals surface area contributed by atoms with Crippen LogP contribution in [0.2, 0.25) is 0 Å². The minimum Gasteiger partial charge on any atom is -0.339 e. The van der Waals surface area contributed by atoms with E-state index in [1.807, 2.05) is 6.92 Å². The van der Waals surface area contributed by atoms with Gasteiger partial charge >= 0.3 is 0 Å². The summed E-state index contributed by atoms with van der Waals surface area (Å²) in [7, 11) is 0. The standard InChI is InChI=1S/C10H13N3O/c1-7(6-11)4-10-12-9(13-14-10)5-8-2-3-8/h7-8H,2-5H2,1H3. The molecule has 1 aromatic rings. The van der Waals surface area contributed by atoms with E-state index in [0.717, 1.165) is 18.2 Å². The van der Waals surface area contributed by atoms with Gasteiger partial charge in [-0.25, -0.2) is 0 Å². The minimum absolute atomic E-state index is 0.0516. The van der Waals surface area contributed by atoms with E-state index in [4.69, 9.17) is 9.78 Å². The average Bonchev–Trinajstić information content (AvgIpc) is 2.87. The van der Waals surface area contributed by atoms with Crippen LogP contribution in [0.15, 0.2) is 4.52 Å². The molecule has 1 saturated carbocycles. The van der Waals surface area contributed by atoms with Crippen LogP contribution in [0, 0.1) is 23.2 Å². The monoisotopic (exact) mass is 191 g/mol. The summed E-state index contributed by atoms with van der Waals surface area (Å²) in [5, 5.41) is 12.5. The molecular weight excluding hydrogens is 178 g/mol. The van der Waals surface area contributed by atoms with E-state index in [1.54, 1.807) is 0 Å². The summed E-state index contributed by atoms with van der Waals surface area (Å²) < 4.78 is 5.05. The summed E-state index contributed by atoms with van der Waals surface area (Å²) >= 11 is 0. The zero-order chi connectivity index (χ0) is 9.97. The molecule has 0 amide bonds. The molecule has 4 nitrogen and oxygen atoms in total. The highest BCUT2D eigenvalue weighted by Crippen LogP contribution is 2.31. The lowest BCUT2D eigenvalue weighted by atomic mass is 10.1. The second kappa shape index (κ2) is 3.79. The van der Waals surface area contributed by atoms with Crippen molar-refractivity contribution in [2.24, 2.45) is 11.8 Å². The van der Waals surface area contributed by atoms with Crippen molar-refractivity contribution in [2.75, 3.05) is 0 Å². The maximum atomic E-state index is 8.62. The van der Waals surface area contributed by atoms with Crippen molar-refractivity contribution in [3.05, 3.63) is 11.7 Å². The van der Waals surface area contributed by atoms with Crippen LogP contribution in [0.1, 0.15) is 31.5 Å². The molecule has 0 radical (unpaired) electrons. The van der Waals surface area contributed by atoms with Crippen molar-refractivity contribution in [3.8, 4) is 6.07 Å². The van der Waals surface area contributed by atoms with Gasteiger partial charge in [0.05, 0.1) is 12.0 Å². The summed E-state index contributed by atoms with van der Waals surface area (Å²) in [6, 6.07) is 2.15. The summed E-state index contributed by atoms with van der Waals surface area (Å²) in [6.45, 7) is 1.85. The van der Waals surface area contributed by atoms with Crippen molar-refractivity contribution in [3.63, 3.8) is 0 Å². The summed E-state index contributed by atoms with van der Waals surface area (Å²) in [5.74, 6) is 2.11. The molecule has 1 aromatic heterocycles. The highest BCUT2D eigenvalue weighted by atomic mass is 16.5.